The van der Waals surface area contributed by atoms with Crippen LogP contribution in [0.5, 0.6) is 5.75 Å². The first-order valence-electron chi connectivity index (χ1n) is 8.76. The van der Waals surface area contributed by atoms with Crippen LogP contribution in [0.3, 0.4) is 0 Å². The monoisotopic (exact) mass is 305 g/mol. The quantitative estimate of drug-likeness (QED) is 0.695. The van der Waals surface area contributed by atoms with Gasteiger partial charge in [-0.2, -0.15) is 0 Å². The molecular formula is C19H31NO2. The fourth-order valence-corrected chi connectivity index (χ4v) is 3.31. The first-order chi connectivity index (χ1) is 10.8. The Morgan fingerprint density at radius 3 is 2.68 bits per heavy atom. The number of methoxy groups -OCH3 is 1. The highest BCUT2D eigenvalue weighted by atomic mass is 16.5. The van der Waals surface area contributed by atoms with Gasteiger partial charge in [-0.15, -0.1) is 0 Å². The zero-order valence-corrected chi connectivity index (χ0v) is 14.1. The van der Waals surface area contributed by atoms with Crippen LogP contribution < -0.4 is 10.1 Å². The van der Waals surface area contributed by atoms with E-state index in [1.54, 1.807) is 7.11 Å². The van der Waals surface area contributed by atoms with Crippen molar-refractivity contribution in [3.05, 3.63) is 29.8 Å². The third-order valence-electron chi connectivity index (χ3n) is 4.59. The molecular weight excluding hydrogens is 274 g/mol. The zero-order valence-electron chi connectivity index (χ0n) is 14.1. The number of benzene rings is 1. The van der Waals surface area contributed by atoms with Crippen LogP contribution in [0.2, 0.25) is 0 Å². The fraction of sp³-hybridized carbons (Fsp3) is 0.684. The molecule has 3 nitrogen and oxygen atoms in total. The van der Waals surface area contributed by atoms with Gasteiger partial charge in [-0.05, 0) is 49.3 Å². The van der Waals surface area contributed by atoms with Gasteiger partial charge in [0.1, 0.15) is 12.4 Å². The standard InChI is InChI=1S/C19H31NO2/c1-3-5-16-8-10-18(11-9-16)20-15-17-6-4-7-19(14-17)22-13-12-21-2/h4,6-7,14,16,18,20H,3,5,8-13,15H2,1-2H3. The van der Waals surface area contributed by atoms with E-state index in [0.29, 0.717) is 19.3 Å². The van der Waals surface area contributed by atoms with Crippen LogP contribution >= 0.6 is 0 Å². The molecule has 124 valence electrons. The average molecular weight is 305 g/mol. The molecule has 1 aliphatic rings. The number of rotatable bonds is 9. The maximum absolute atomic E-state index is 5.67. The third-order valence-corrected chi connectivity index (χ3v) is 4.59. The maximum Gasteiger partial charge on any atom is 0.119 e. The molecule has 3 heteroatoms. The van der Waals surface area contributed by atoms with Crippen molar-refractivity contribution in [2.45, 2.75) is 58.0 Å². The smallest absolute Gasteiger partial charge is 0.119 e. The molecule has 1 aromatic rings. The van der Waals surface area contributed by atoms with Crippen LogP contribution in [0.25, 0.3) is 0 Å². The number of hydrogen-bond donors (Lipinski definition) is 1. The molecule has 1 N–H and O–H groups in total. The van der Waals surface area contributed by atoms with E-state index in [2.05, 4.69) is 30.4 Å². The van der Waals surface area contributed by atoms with Crippen LogP contribution in [-0.4, -0.2) is 26.4 Å². The summed E-state index contributed by atoms with van der Waals surface area (Å²) in [6, 6.07) is 9.06. The summed E-state index contributed by atoms with van der Waals surface area (Å²) < 4.78 is 10.7. The fourth-order valence-electron chi connectivity index (χ4n) is 3.31. The van der Waals surface area contributed by atoms with E-state index >= 15 is 0 Å². The van der Waals surface area contributed by atoms with E-state index in [-0.39, 0.29) is 0 Å². The summed E-state index contributed by atoms with van der Waals surface area (Å²) in [5.74, 6) is 1.91. The molecule has 22 heavy (non-hydrogen) atoms. The second kappa shape index (κ2) is 9.86. The van der Waals surface area contributed by atoms with E-state index in [9.17, 15) is 0 Å². The van der Waals surface area contributed by atoms with Gasteiger partial charge in [-0.1, -0.05) is 31.9 Å². The van der Waals surface area contributed by atoms with Gasteiger partial charge < -0.3 is 14.8 Å². The van der Waals surface area contributed by atoms with Gasteiger partial charge in [0.05, 0.1) is 6.61 Å². The first-order valence-corrected chi connectivity index (χ1v) is 8.76. The van der Waals surface area contributed by atoms with Crippen molar-refractivity contribution < 1.29 is 9.47 Å². The maximum atomic E-state index is 5.67. The Labute approximate surface area is 135 Å². The van der Waals surface area contributed by atoms with E-state index in [4.69, 9.17) is 9.47 Å². The Kier molecular flexibility index (Phi) is 7.75. The molecule has 1 aromatic carbocycles. The lowest BCUT2D eigenvalue weighted by atomic mass is 9.83. The Morgan fingerprint density at radius 2 is 1.95 bits per heavy atom. The molecule has 1 saturated carbocycles. The third kappa shape index (κ3) is 5.98. The molecule has 0 amide bonds. The molecule has 0 saturated heterocycles. The highest BCUT2D eigenvalue weighted by Crippen LogP contribution is 2.27. The number of hydrogen-bond acceptors (Lipinski definition) is 3. The van der Waals surface area contributed by atoms with Crippen molar-refractivity contribution in [3.8, 4) is 5.75 Å². The largest absolute Gasteiger partial charge is 0.491 e. The minimum atomic E-state index is 0.606. The van der Waals surface area contributed by atoms with Crippen molar-refractivity contribution in [1.82, 2.24) is 5.32 Å². The lowest BCUT2D eigenvalue weighted by Gasteiger charge is -2.29. The van der Waals surface area contributed by atoms with Gasteiger partial charge in [0.15, 0.2) is 0 Å². The van der Waals surface area contributed by atoms with Crippen LogP contribution in [0.15, 0.2) is 24.3 Å². The average Bonchev–Trinajstić information content (AvgIpc) is 2.55. The number of ether oxygens (including phenoxy) is 2. The molecule has 0 aromatic heterocycles. The summed E-state index contributed by atoms with van der Waals surface area (Å²) in [5.41, 5.74) is 1.30. The van der Waals surface area contributed by atoms with E-state index in [1.165, 1.54) is 44.1 Å². The predicted molar refractivity (Wildman–Crippen MR) is 91.3 cm³/mol. The SMILES string of the molecule is CCCC1CCC(NCc2cccc(OCCOC)c2)CC1. The normalized spacial score (nSPS) is 21.7. The molecule has 2 rings (SSSR count). The van der Waals surface area contributed by atoms with Crippen molar-refractivity contribution in [3.63, 3.8) is 0 Å². The molecule has 0 spiro atoms. The van der Waals surface area contributed by atoms with Crippen LogP contribution in [0, 0.1) is 5.92 Å². The van der Waals surface area contributed by atoms with Crippen molar-refractivity contribution in [2.24, 2.45) is 5.92 Å². The lowest BCUT2D eigenvalue weighted by Crippen LogP contribution is -2.32. The molecule has 0 aliphatic heterocycles. The van der Waals surface area contributed by atoms with Crippen molar-refractivity contribution in [1.29, 1.82) is 0 Å². The molecule has 0 heterocycles. The summed E-state index contributed by atoms with van der Waals surface area (Å²) in [5, 5.41) is 3.71. The molecule has 0 radical (unpaired) electrons. The van der Waals surface area contributed by atoms with E-state index < -0.39 is 0 Å². The van der Waals surface area contributed by atoms with Crippen LogP contribution in [-0.2, 0) is 11.3 Å². The predicted octanol–water partition coefficient (Wildman–Crippen LogP) is 4.16. The van der Waals surface area contributed by atoms with Gasteiger partial charge in [0.2, 0.25) is 0 Å². The zero-order chi connectivity index (χ0) is 15.6. The summed E-state index contributed by atoms with van der Waals surface area (Å²) in [7, 11) is 1.69. The van der Waals surface area contributed by atoms with Crippen molar-refractivity contribution >= 4 is 0 Å². The highest BCUT2D eigenvalue weighted by molar-refractivity contribution is 5.28. The topological polar surface area (TPSA) is 30.5 Å². The van der Waals surface area contributed by atoms with Crippen molar-refractivity contribution in [2.75, 3.05) is 20.3 Å². The van der Waals surface area contributed by atoms with E-state index in [1.807, 2.05) is 6.07 Å². The Morgan fingerprint density at radius 1 is 1.14 bits per heavy atom. The van der Waals surface area contributed by atoms with Gasteiger partial charge >= 0.3 is 0 Å². The molecule has 0 unspecified atom stereocenters. The number of nitrogens with one attached hydrogen (secondary N) is 1. The minimum Gasteiger partial charge on any atom is -0.491 e. The van der Waals surface area contributed by atoms with Gasteiger partial charge in [-0.25, -0.2) is 0 Å². The lowest BCUT2D eigenvalue weighted by molar-refractivity contribution is 0.146. The van der Waals surface area contributed by atoms with Gasteiger partial charge in [-0.3, -0.25) is 0 Å². The Hall–Kier alpha value is -1.06. The van der Waals surface area contributed by atoms with Crippen LogP contribution in [0.1, 0.15) is 51.0 Å². The minimum absolute atomic E-state index is 0.606. The second-order valence-electron chi connectivity index (χ2n) is 6.38. The van der Waals surface area contributed by atoms with Gasteiger partial charge in [0, 0.05) is 19.7 Å². The summed E-state index contributed by atoms with van der Waals surface area (Å²) in [6.07, 6.45) is 8.19. The second-order valence-corrected chi connectivity index (χ2v) is 6.38. The summed E-state index contributed by atoms with van der Waals surface area (Å²) in [4.78, 5) is 0. The molecule has 1 fully saturated rings. The Balaban J connectivity index is 1.71. The van der Waals surface area contributed by atoms with E-state index in [0.717, 1.165) is 18.2 Å². The molecule has 0 atom stereocenters. The first kappa shape index (κ1) is 17.3. The molecule has 0 bridgehead atoms. The van der Waals surface area contributed by atoms with Gasteiger partial charge in [0.25, 0.3) is 0 Å². The van der Waals surface area contributed by atoms with Crippen LogP contribution in [0.4, 0.5) is 0 Å². The Bertz CT molecular complexity index is 414. The summed E-state index contributed by atoms with van der Waals surface area (Å²) in [6.45, 7) is 4.47. The summed E-state index contributed by atoms with van der Waals surface area (Å²) >= 11 is 0. The molecule has 1 aliphatic carbocycles. The highest BCUT2D eigenvalue weighted by Gasteiger charge is 2.19.